The molecule has 0 aliphatic carbocycles. The second-order valence-corrected chi connectivity index (χ2v) is 7.92. The Morgan fingerprint density at radius 2 is 1.89 bits per heavy atom. The number of phenolic OH excluding ortho intramolecular Hbond substituents is 2. The van der Waals surface area contributed by atoms with Crippen molar-refractivity contribution >= 4 is 22.1 Å². The third-order valence-corrected chi connectivity index (χ3v) is 5.98. The smallest absolute Gasteiger partial charge is 0.271 e. The number of morpholine rings is 1. The number of rotatable bonds is 5. The van der Waals surface area contributed by atoms with E-state index in [4.69, 9.17) is 4.74 Å². The van der Waals surface area contributed by atoms with E-state index in [2.05, 4.69) is 10.5 Å². The highest BCUT2D eigenvalue weighted by Gasteiger charge is 2.26. The Hall–Kier alpha value is -2.95. The summed E-state index contributed by atoms with van der Waals surface area (Å²) >= 11 is 0. The normalized spacial score (nSPS) is 15.6. The van der Waals surface area contributed by atoms with Gasteiger partial charge in [-0.25, -0.2) is 13.8 Å². The fraction of sp³-hybridized carbons (Fsp3) is 0.222. The number of sulfonamides is 1. The SMILES string of the molecule is O=C(NN=Cc1ccc(O)cc1O)c1cccc(S(=O)(=O)N2CCOCC2)c1. The molecule has 2 aromatic rings. The number of ether oxygens (including phenoxy) is 1. The van der Waals surface area contributed by atoms with E-state index in [1.54, 1.807) is 0 Å². The van der Waals surface area contributed by atoms with Crippen LogP contribution in [0.3, 0.4) is 0 Å². The lowest BCUT2D eigenvalue weighted by Crippen LogP contribution is -2.40. The Balaban J connectivity index is 1.72. The van der Waals surface area contributed by atoms with E-state index >= 15 is 0 Å². The van der Waals surface area contributed by atoms with Crippen molar-refractivity contribution in [1.29, 1.82) is 0 Å². The highest BCUT2D eigenvalue weighted by Crippen LogP contribution is 2.21. The second-order valence-electron chi connectivity index (χ2n) is 5.99. The first-order valence-electron chi connectivity index (χ1n) is 8.41. The van der Waals surface area contributed by atoms with E-state index in [9.17, 15) is 23.4 Å². The van der Waals surface area contributed by atoms with Gasteiger partial charge in [-0.15, -0.1) is 0 Å². The Morgan fingerprint density at radius 3 is 2.61 bits per heavy atom. The first-order chi connectivity index (χ1) is 13.4. The predicted octanol–water partition coefficient (Wildman–Crippen LogP) is 0.883. The van der Waals surface area contributed by atoms with Crippen LogP contribution < -0.4 is 5.43 Å². The number of hydrogen-bond donors (Lipinski definition) is 3. The van der Waals surface area contributed by atoms with Crippen molar-refractivity contribution in [2.45, 2.75) is 4.90 Å². The van der Waals surface area contributed by atoms with Crippen LogP contribution in [0.1, 0.15) is 15.9 Å². The number of phenols is 2. The molecule has 3 rings (SSSR count). The molecule has 148 valence electrons. The van der Waals surface area contributed by atoms with Gasteiger partial charge in [0.05, 0.1) is 24.3 Å². The summed E-state index contributed by atoms with van der Waals surface area (Å²) in [6, 6.07) is 9.60. The van der Waals surface area contributed by atoms with Crippen molar-refractivity contribution in [1.82, 2.24) is 9.73 Å². The minimum absolute atomic E-state index is 0.0159. The van der Waals surface area contributed by atoms with Gasteiger partial charge in [0.2, 0.25) is 10.0 Å². The Bertz CT molecular complexity index is 1000. The monoisotopic (exact) mass is 405 g/mol. The fourth-order valence-corrected chi connectivity index (χ4v) is 4.05. The molecule has 0 saturated carbocycles. The van der Waals surface area contributed by atoms with Crippen LogP contribution in [-0.4, -0.2) is 61.4 Å². The van der Waals surface area contributed by atoms with Crippen LogP contribution in [0.4, 0.5) is 0 Å². The number of aromatic hydroxyl groups is 2. The first kappa shape index (κ1) is 19.8. The minimum Gasteiger partial charge on any atom is -0.508 e. The molecule has 0 unspecified atom stereocenters. The Labute approximate surface area is 161 Å². The topological polar surface area (TPSA) is 129 Å². The van der Waals surface area contributed by atoms with E-state index in [0.717, 1.165) is 6.07 Å². The average molecular weight is 405 g/mol. The van der Waals surface area contributed by atoms with Crippen LogP contribution >= 0.6 is 0 Å². The lowest BCUT2D eigenvalue weighted by molar-refractivity contribution is 0.0730. The molecule has 0 atom stereocenters. The third kappa shape index (κ3) is 4.47. The molecule has 1 aliphatic heterocycles. The molecule has 2 aromatic carbocycles. The average Bonchev–Trinajstić information content (AvgIpc) is 2.70. The van der Waals surface area contributed by atoms with Gasteiger partial charge in [0.1, 0.15) is 11.5 Å². The van der Waals surface area contributed by atoms with Gasteiger partial charge >= 0.3 is 0 Å². The summed E-state index contributed by atoms with van der Waals surface area (Å²) in [5.41, 5.74) is 2.70. The zero-order chi connectivity index (χ0) is 20.1. The van der Waals surface area contributed by atoms with Gasteiger partial charge in [-0.3, -0.25) is 4.79 Å². The molecule has 0 spiro atoms. The highest BCUT2D eigenvalue weighted by atomic mass is 32.2. The van der Waals surface area contributed by atoms with Gasteiger partial charge in [-0.05, 0) is 30.3 Å². The molecule has 0 bridgehead atoms. The van der Waals surface area contributed by atoms with Gasteiger partial charge in [-0.1, -0.05) is 6.07 Å². The Kier molecular flexibility index (Phi) is 5.93. The fourth-order valence-electron chi connectivity index (χ4n) is 2.60. The van der Waals surface area contributed by atoms with Crippen molar-refractivity contribution in [3.63, 3.8) is 0 Å². The molecule has 1 fully saturated rings. The minimum atomic E-state index is -3.71. The number of hydrogen-bond acceptors (Lipinski definition) is 7. The molecule has 1 amide bonds. The second kappa shape index (κ2) is 8.38. The van der Waals surface area contributed by atoms with Gasteiger partial charge in [0.15, 0.2) is 0 Å². The van der Waals surface area contributed by atoms with Crippen LogP contribution in [0.25, 0.3) is 0 Å². The molecular formula is C18H19N3O6S. The molecule has 9 nitrogen and oxygen atoms in total. The van der Waals surface area contributed by atoms with Crippen LogP contribution in [0.15, 0.2) is 52.5 Å². The number of carbonyl (C=O) groups is 1. The largest absolute Gasteiger partial charge is 0.508 e. The van der Waals surface area contributed by atoms with Crippen molar-refractivity contribution in [2.24, 2.45) is 5.10 Å². The van der Waals surface area contributed by atoms with Crippen LogP contribution in [-0.2, 0) is 14.8 Å². The first-order valence-corrected chi connectivity index (χ1v) is 9.85. The van der Waals surface area contributed by atoms with Crippen molar-refractivity contribution in [3.05, 3.63) is 53.6 Å². The van der Waals surface area contributed by atoms with Crippen LogP contribution in [0, 0.1) is 0 Å². The standard InChI is InChI=1S/C18H19N3O6S/c22-15-5-4-14(17(23)11-15)12-19-20-18(24)13-2-1-3-16(10-13)28(25,26)21-6-8-27-9-7-21/h1-5,10-12,22-23H,6-9H2,(H,20,24). The maximum Gasteiger partial charge on any atom is 0.271 e. The van der Waals surface area contributed by atoms with Crippen LogP contribution in [0.5, 0.6) is 11.5 Å². The van der Waals surface area contributed by atoms with Gasteiger partial charge in [0.25, 0.3) is 5.91 Å². The molecule has 10 heteroatoms. The molecule has 28 heavy (non-hydrogen) atoms. The highest BCUT2D eigenvalue weighted by molar-refractivity contribution is 7.89. The molecule has 1 aliphatic rings. The lowest BCUT2D eigenvalue weighted by Gasteiger charge is -2.26. The number of amides is 1. The maximum atomic E-state index is 12.7. The third-order valence-electron chi connectivity index (χ3n) is 4.09. The molecule has 0 aromatic heterocycles. The lowest BCUT2D eigenvalue weighted by atomic mass is 10.2. The summed E-state index contributed by atoms with van der Waals surface area (Å²) in [6.45, 7) is 1.19. The number of nitrogens with zero attached hydrogens (tertiary/aromatic N) is 2. The summed E-state index contributed by atoms with van der Waals surface area (Å²) in [6.07, 6.45) is 1.21. The zero-order valence-electron chi connectivity index (χ0n) is 14.8. The summed E-state index contributed by atoms with van der Waals surface area (Å²) in [4.78, 5) is 12.3. The molecule has 0 radical (unpaired) electrons. The molecule has 1 saturated heterocycles. The van der Waals surface area contributed by atoms with E-state index in [1.165, 1.54) is 46.9 Å². The Morgan fingerprint density at radius 1 is 1.14 bits per heavy atom. The number of carbonyl (C=O) groups excluding carboxylic acids is 1. The van der Waals surface area contributed by atoms with E-state index in [-0.39, 0.29) is 35.0 Å². The summed E-state index contributed by atoms with van der Waals surface area (Å²) < 4.78 is 31.9. The molecule has 3 N–H and O–H groups in total. The summed E-state index contributed by atoms with van der Waals surface area (Å²) in [5, 5.41) is 22.7. The van der Waals surface area contributed by atoms with Crippen molar-refractivity contribution < 1.29 is 28.2 Å². The predicted molar refractivity (Wildman–Crippen MR) is 101 cm³/mol. The quantitative estimate of drug-likeness (QED) is 0.500. The maximum absolute atomic E-state index is 12.7. The summed E-state index contributed by atoms with van der Waals surface area (Å²) in [7, 11) is -3.71. The van der Waals surface area contributed by atoms with Gasteiger partial charge < -0.3 is 14.9 Å². The van der Waals surface area contributed by atoms with Gasteiger partial charge in [0, 0.05) is 30.3 Å². The van der Waals surface area contributed by atoms with E-state index < -0.39 is 15.9 Å². The molecule has 1 heterocycles. The van der Waals surface area contributed by atoms with Crippen molar-refractivity contribution in [3.8, 4) is 11.5 Å². The number of benzene rings is 2. The van der Waals surface area contributed by atoms with E-state index in [1.807, 2.05) is 0 Å². The zero-order valence-corrected chi connectivity index (χ0v) is 15.6. The number of hydrazone groups is 1. The van der Waals surface area contributed by atoms with Crippen molar-refractivity contribution in [2.75, 3.05) is 26.3 Å². The summed E-state index contributed by atoms with van der Waals surface area (Å²) in [5.74, 6) is -0.901. The number of nitrogens with one attached hydrogen (secondary N) is 1. The van der Waals surface area contributed by atoms with E-state index in [0.29, 0.717) is 18.8 Å². The molecular weight excluding hydrogens is 386 g/mol. The van der Waals surface area contributed by atoms with Gasteiger partial charge in [-0.2, -0.15) is 9.41 Å². The van der Waals surface area contributed by atoms with Crippen LogP contribution in [0.2, 0.25) is 0 Å².